The highest BCUT2D eigenvalue weighted by atomic mass is 19.4. The predicted octanol–water partition coefficient (Wildman–Crippen LogP) is 2.31. The summed E-state index contributed by atoms with van der Waals surface area (Å²) in [7, 11) is 0. The zero-order valence-corrected chi connectivity index (χ0v) is 8.64. The Balaban J connectivity index is 2.21. The van der Waals surface area contributed by atoms with Gasteiger partial charge in [0.05, 0.1) is 11.1 Å². The molecular weight excluding hydrogens is 253 g/mol. The summed E-state index contributed by atoms with van der Waals surface area (Å²) in [6.07, 6.45) is -3.57. The first-order chi connectivity index (χ1) is 8.47. The van der Waals surface area contributed by atoms with Crippen LogP contribution in [0.4, 0.5) is 13.2 Å². The lowest BCUT2D eigenvalue weighted by Gasteiger charge is -2.07. The van der Waals surface area contributed by atoms with Gasteiger partial charge in [0, 0.05) is 5.27 Å². The molecular formula is C10H5F3N2O3. The van der Waals surface area contributed by atoms with Crippen molar-refractivity contribution in [2.45, 2.75) is 6.18 Å². The van der Waals surface area contributed by atoms with Gasteiger partial charge in [-0.2, -0.15) is 13.2 Å². The summed E-state index contributed by atoms with van der Waals surface area (Å²) in [6, 6.07) is 3.86. The van der Waals surface area contributed by atoms with E-state index in [-0.39, 0.29) is 11.4 Å². The number of ether oxygens (including phenoxy) is 1. The SMILES string of the molecule is O=C(Oc1conn1)c1cccc(C(F)(F)F)c1. The molecule has 2 aromatic rings. The Morgan fingerprint density at radius 1 is 1.33 bits per heavy atom. The standard InChI is InChI=1S/C10H5F3N2O3/c11-10(12,13)7-3-1-2-6(4-7)9(16)18-8-5-17-15-14-8/h1-5H. The second-order valence-corrected chi connectivity index (χ2v) is 3.21. The summed E-state index contributed by atoms with van der Waals surface area (Å²) >= 11 is 0. The first-order valence-electron chi connectivity index (χ1n) is 4.63. The number of hydrogen-bond acceptors (Lipinski definition) is 5. The van der Waals surface area contributed by atoms with E-state index in [1.54, 1.807) is 0 Å². The molecule has 0 fully saturated rings. The first-order valence-corrected chi connectivity index (χ1v) is 4.63. The zero-order valence-electron chi connectivity index (χ0n) is 8.64. The highest BCUT2D eigenvalue weighted by Crippen LogP contribution is 2.29. The average Bonchev–Trinajstić information content (AvgIpc) is 2.81. The number of carbonyl (C=O) groups excluding carboxylic acids is 1. The van der Waals surface area contributed by atoms with Crippen LogP contribution in [0.3, 0.4) is 0 Å². The van der Waals surface area contributed by atoms with Gasteiger partial charge in [-0.3, -0.25) is 0 Å². The number of esters is 1. The lowest BCUT2D eigenvalue weighted by molar-refractivity contribution is -0.137. The molecule has 0 aliphatic carbocycles. The highest BCUT2D eigenvalue weighted by Gasteiger charge is 2.31. The van der Waals surface area contributed by atoms with Crippen LogP contribution in [0, 0.1) is 0 Å². The monoisotopic (exact) mass is 258 g/mol. The van der Waals surface area contributed by atoms with Crippen molar-refractivity contribution in [2.75, 3.05) is 0 Å². The number of halogens is 3. The van der Waals surface area contributed by atoms with Crippen LogP contribution in [0.2, 0.25) is 0 Å². The number of aromatic nitrogens is 2. The van der Waals surface area contributed by atoms with Crippen LogP contribution in [-0.4, -0.2) is 16.3 Å². The van der Waals surface area contributed by atoms with Gasteiger partial charge >= 0.3 is 12.1 Å². The molecule has 0 bridgehead atoms. The van der Waals surface area contributed by atoms with Crippen LogP contribution in [0.15, 0.2) is 35.1 Å². The minimum absolute atomic E-state index is 0.225. The number of nitrogens with zero attached hydrogens (tertiary/aromatic N) is 2. The quantitative estimate of drug-likeness (QED) is 0.773. The molecule has 0 radical (unpaired) electrons. The Hall–Kier alpha value is -2.38. The molecule has 0 aliphatic heterocycles. The third kappa shape index (κ3) is 2.65. The van der Waals surface area contributed by atoms with Gasteiger partial charge in [-0.15, -0.1) is 0 Å². The Bertz CT molecular complexity index is 552. The van der Waals surface area contributed by atoms with E-state index >= 15 is 0 Å². The number of benzene rings is 1. The van der Waals surface area contributed by atoms with E-state index in [1.807, 2.05) is 0 Å². The van der Waals surface area contributed by atoms with Crippen molar-refractivity contribution in [1.82, 2.24) is 10.4 Å². The van der Waals surface area contributed by atoms with Gasteiger partial charge in [0.2, 0.25) is 0 Å². The average molecular weight is 258 g/mol. The molecule has 1 aromatic heterocycles. The summed E-state index contributed by atoms with van der Waals surface area (Å²) in [5.74, 6) is -1.20. The lowest BCUT2D eigenvalue weighted by atomic mass is 10.1. The van der Waals surface area contributed by atoms with E-state index in [9.17, 15) is 18.0 Å². The van der Waals surface area contributed by atoms with Gasteiger partial charge in [-0.1, -0.05) is 11.2 Å². The Labute approximate surface area is 98.1 Å². The molecule has 5 nitrogen and oxygen atoms in total. The van der Waals surface area contributed by atoms with Crippen LogP contribution in [0.25, 0.3) is 0 Å². The maximum absolute atomic E-state index is 12.4. The number of rotatable bonds is 2. The van der Waals surface area contributed by atoms with Crippen molar-refractivity contribution < 1.29 is 27.2 Å². The molecule has 1 heterocycles. The summed E-state index contributed by atoms with van der Waals surface area (Å²) in [5.41, 5.74) is -1.18. The van der Waals surface area contributed by atoms with Crippen LogP contribution in [0.5, 0.6) is 5.88 Å². The zero-order chi connectivity index (χ0) is 13.2. The Kier molecular flexibility index (Phi) is 3.00. The minimum Gasteiger partial charge on any atom is -0.399 e. The van der Waals surface area contributed by atoms with E-state index in [4.69, 9.17) is 0 Å². The third-order valence-corrected chi connectivity index (χ3v) is 1.96. The summed E-state index contributed by atoms with van der Waals surface area (Å²) in [5, 5.41) is 6.31. The van der Waals surface area contributed by atoms with Gasteiger partial charge in [0.25, 0.3) is 5.88 Å². The topological polar surface area (TPSA) is 65.2 Å². The van der Waals surface area contributed by atoms with Crippen LogP contribution >= 0.6 is 0 Å². The molecule has 2 rings (SSSR count). The largest absolute Gasteiger partial charge is 0.416 e. The molecule has 1 aromatic carbocycles. The number of hydrogen-bond donors (Lipinski definition) is 0. The molecule has 0 amide bonds. The van der Waals surface area contributed by atoms with E-state index in [0.717, 1.165) is 18.4 Å². The summed E-state index contributed by atoms with van der Waals surface area (Å²) in [4.78, 5) is 11.5. The number of carbonyl (C=O) groups is 1. The fourth-order valence-corrected chi connectivity index (χ4v) is 1.18. The molecule has 0 saturated carbocycles. The molecule has 0 aliphatic rings. The van der Waals surface area contributed by atoms with Gasteiger partial charge in [0.15, 0.2) is 6.26 Å². The van der Waals surface area contributed by atoms with Crippen molar-refractivity contribution in [2.24, 2.45) is 0 Å². The fourth-order valence-electron chi connectivity index (χ4n) is 1.18. The maximum atomic E-state index is 12.4. The highest BCUT2D eigenvalue weighted by molar-refractivity contribution is 5.91. The van der Waals surface area contributed by atoms with Crippen molar-refractivity contribution >= 4 is 5.97 Å². The van der Waals surface area contributed by atoms with Crippen LogP contribution in [-0.2, 0) is 6.18 Å². The van der Waals surface area contributed by atoms with Gasteiger partial charge < -0.3 is 9.26 Å². The molecule has 0 atom stereocenters. The van der Waals surface area contributed by atoms with Crippen LogP contribution < -0.4 is 4.74 Å². The van der Waals surface area contributed by atoms with Crippen molar-refractivity contribution in [3.05, 3.63) is 41.7 Å². The van der Waals surface area contributed by atoms with E-state index in [2.05, 4.69) is 19.6 Å². The fraction of sp³-hybridized carbons (Fsp3) is 0.100. The molecule has 0 spiro atoms. The Morgan fingerprint density at radius 3 is 2.72 bits per heavy atom. The van der Waals surface area contributed by atoms with Gasteiger partial charge in [-0.25, -0.2) is 4.79 Å². The first kappa shape index (κ1) is 12.1. The van der Waals surface area contributed by atoms with E-state index in [1.165, 1.54) is 6.07 Å². The lowest BCUT2D eigenvalue weighted by Crippen LogP contribution is -2.11. The van der Waals surface area contributed by atoms with Crippen molar-refractivity contribution in [3.8, 4) is 5.88 Å². The van der Waals surface area contributed by atoms with Crippen molar-refractivity contribution in [1.29, 1.82) is 0 Å². The molecule has 18 heavy (non-hydrogen) atoms. The Morgan fingerprint density at radius 2 is 2.11 bits per heavy atom. The second kappa shape index (κ2) is 4.47. The molecule has 0 saturated heterocycles. The van der Waals surface area contributed by atoms with Crippen molar-refractivity contribution in [3.63, 3.8) is 0 Å². The third-order valence-electron chi connectivity index (χ3n) is 1.96. The normalized spacial score (nSPS) is 11.3. The summed E-state index contributed by atoms with van der Waals surface area (Å²) in [6.45, 7) is 0. The number of alkyl halides is 3. The van der Waals surface area contributed by atoms with Gasteiger partial charge in [-0.05, 0) is 18.2 Å². The van der Waals surface area contributed by atoms with Crippen LogP contribution in [0.1, 0.15) is 15.9 Å². The smallest absolute Gasteiger partial charge is 0.399 e. The van der Waals surface area contributed by atoms with E-state index in [0.29, 0.717) is 6.07 Å². The van der Waals surface area contributed by atoms with E-state index < -0.39 is 17.7 Å². The molecule has 8 heteroatoms. The predicted molar refractivity (Wildman–Crippen MR) is 50.7 cm³/mol. The molecule has 0 unspecified atom stereocenters. The summed E-state index contributed by atoms with van der Waals surface area (Å²) < 4.78 is 46.2. The molecule has 94 valence electrons. The van der Waals surface area contributed by atoms with Gasteiger partial charge in [0.1, 0.15) is 0 Å². The maximum Gasteiger partial charge on any atom is 0.416 e. The second-order valence-electron chi connectivity index (χ2n) is 3.21. The molecule has 0 N–H and O–H groups in total. The minimum atomic E-state index is -4.52.